The van der Waals surface area contributed by atoms with Crippen LogP contribution in [0.5, 0.6) is 5.75 Å². The molecular formula is C21H19Cl3N2O4. The molecule has 0 unspecified atom stereocenters. The molecule has 1 aliphatic rings. The molecule has 9 heteroatoms. The molecule has 0 N–H and O–H groups in total. The van der Waals surface area contributed by atoms with E-state index in [4.69, 9.17) is 48.4 Å². The minimum absolute atomic E-state index is 0.0886. The Morgan fingerprint density at radius 2 is 1.73 bits per heavy atom. The van der Waals surface area contributed by atoms with Crippen LogP contribution in [0.15, 0.2) is 51.5 Å². The van der Waals surface area contributed by atoms with Crippen LogP contribution in [0.3, 0.4) is 0 Å². The molecule has 0 radical (unpaired) electrons. The first kappa shape index (κ1) is 21.1. The van der Waals surface area contributed by atoms with Gasteiger partial charge in [0.15, 0.2) is 11.5 Å². The monoisotopic (exact) mass is 468 g/mol. The summed E-state index contributed by atoms with van der Waals surface area (Å²) in [5.74, 6) is 1.88. The van der Waals surface area contributed by atoms with E-state index in [-0.39, 0.29) is 18.3 Å². The number of carbonyl (C=O) groups is 1. The maximum atomic E-state index is 12.8. The summed E-state index contributed by atoms with van der Waals surface area (Å²) in [4.78, 5) is 16.8. The Labute approximate surface area is 188 Å². The summed E-state index contributed by atoms with van der Waals surface area (Å²) in [5, 5.41) is 1.04. The van der Waals surface area contributed by atoms with E-state index in [9.17, 15) is 4.79 Å². The number of halogens is 3. The highest BCUT2D eigenvalue weighted by Gasteiger charge is 2.24. The lowest BCUT2D eigenvalue weighted by Crippen LogP contribution is -2.48. The first-order valence-corrected chi connectivity index (χ1v) is 10.5. The van der Waals surface area contributed by atoms with E-state index in [1.54, 1.807) is 35.4 Å². The lowest BCUT2D eigenvalue weighted by molar-refractivity contribution is 0.0586. The molecule has 3 heterocycles. The van der Waals surface area contributed by atoms with Crippen molar-refractivity contribution in [1.29, 1.82) is 0 Å². The highest BCUT2D eigenvalue weighted by atomic mass is 35.5. The van der Waals surface area contributed by atoms with Crippen LogP contribution in [0.1, 0.15) is 22.1 Å². The number of piperazine rings is 1. The van der Waals surface area contributed by atoms with Gasteiger partial charge in [-0.25, -0.2) is 0 Å². The van der Waals surface area contributed by atoms with Crippen molar-refractivity contribution < 1.29 is 18.4 Å². The van der Waals surface area contributed by atoms with Crippen molar-refractivity contribution in [2.45, 2.75) is 13.2 Å². The van der Waals surface area contributed by atoms with Gasteiger partial charge in [0.2, 0.25) is 0 Å². The number of hydrogen-bond donors (Lipinski definition) is 0. The molecule has 0 spiro atoms. The number of furan rings is 2. The SMILES string of the molecule is O=C(c1ccc(COc2c(Cl)cc(Cl)cc2Cl)o1)N1CCN(Cc2ccco2)CC1. The fourth-order valence-electron chi connectivity index (χ4n) is 3.27. The number of amides is 1. The Kier molecular flexibility index (Phi) is 6.58. The number of hydrogen-bond acceptors (Lipinski definition) is 5. The zero-order chi connectivity index (χ0) is 21.1. The summed E-state index contributed by atoms with van der Waals surface area (Å²) >= 11 is 18.1. The molecule has 4 rings (SSSR count). The number of nitrogens with zero attached hydrogens (tertiary/aromatic N) is 2. The lowest BCUT2D eigenvalue weighted by atomic mass is 10.2. The first-order valence-electron chi connectivity index (χ1n) is 9.39. The summed E-state index contributed by atoms with van der Waals surface area (Å²) in [6.45, 7) is 3.63. The van der Waals surface area contributed by atoms with Gasteiger partial charge < -0.3 is 18.5 Å². The second-order valence-corrected chi connectivity index (χ2v) is 8.15. The van der Waals surface area contributed by atoms with Crippen molar-refractivity contribution >= 4 is 40.7 Å². The van der Waals surface area contributed by atoms with Gasteiger partial charge in [-0.15, -0.1) is 0 Å². The summed E-state index contributed by atoms with van der Waals surface area (Å²) < 4.78 is 16.7. The van der Waals surface area contributed by atoms with Crippen LogP contribution in [-0.4, -0.2) is 41.9 Å². The molecular weight excluding hydrogens is 451 g/mol. The normalized spacial score (nSPS) is 14.8. The van der Waals surface area contributed by atoms with Crippen LogP contribution in [0, 0.1) is 0 Å². The van der Waals surface area contributed by atoms with Crippen LogP contribution in [-0.2, 0) is 13.2 Å². The number of carbonyl (C=O) groups excluding carboxylic acids is 1. The van der Waals surface area contributed by atoms with Crippen molar-refractivity contribution in [2.24, 2.45) is 0 Å². The van der Waals surface area contributed by atoms with Gasteiger partial charge in [-0.05, 0) is 36.4 Å². The maximum Gasteiger partial charge on any atom is 0.289 e. The molecule has 0 bridgehead atoms. The average molecular weight is 470 g/mol. The predicted molar refractivity (Wildman–Crippen MR) is 114 cm³/mol. The summed E-state index contributed by atoms with van der Waals surface area (Å²) in [5.41, 5.74) is 0. The quantitative estimate of drug-likeness (QED) is 0.486. The van der Waals surface area contributed by atoms with E-state index < -0.39 is 0 Å². The van der Waals surface area contributed by atoms with E-state index in [1.165, 1.54) is 0 Å². The summed E-state index contributed by atoms with van der Waals surface area (Å²) in [6.07, 6.45) is 1.67. The molecule has 0 aliphatic carbocycles. The predicted octanol–water partition coefficient (Wildman–Crippen LogP) is 5.37. The van der Waals surface area contributed by atoms with Crippen molar-refractivity contribution in [1.82, 2.24) is 9.80 Å². The Balaban J connectivity index is 1.31. The molecule has 2 aromatic heterocycles. The highest BCUT2D eigenvalue weighted by Crippen LogP contribution is 2.36. The largest absolute Gasteiger partial charge is 0.483 e. The Morgan fingerprint density at radius 3 is 2.40 bits per heavy atom. The Morgan fingerprint density at radius 1 is 1.00 bits per heavy atom. The minimum Gasteiger partial charge on any atom is -0.483 e. The first-order chi connectivity index (χ1) is 14.5. The summed E-state index contributed by atoms with van der Waals surface area (Å²) in [7, 11) is 0. The second kappa shape index (κ2) is 9.35. The number of rotatable bonds is 6. The standard InChI is InChI=1S/C21H19Cl3N2O4/c22-14-10-17(23)20(18(24)11-14)29-13-16-3-4-19(30-16)21(27)26-7-5-25(6-8-26)12-15-2-1-9-28-15/h1-4,9-11H,5-8,12-13H2. The third-order valence-corrected chi connectivity index (χ3v) is 5.59. The van der Waals surface area contributed by atoms with E-state index in [0.29, 0.717) is 39.7 Å². The molecule has 1 amide bonds. The molecule has 158 valence electrons. The van der Waals surface area contributed by atoms with Crippen LogP contribution in [0.2, 0.25) is 15.1 Å². The molecule has 6 nitrogen and oxygen atoms in total. The van der Waals surface area contributed by atoms with Gasteiger partial charge in [-0.1, -0.05) is 34.8 Å². The van der Waals surface area contributed by atoms with Crippen molar-refractivity contribution in [3.63, 3.8) is 0 Å². The molecule has 0 saturated carbocycles. The van der Waals surface area contributed by atoms with Gasteiger partial charge in [0.05, 0.1) is 22.9 Å². The lowest BCUT2D eigenvalue weighted by Gasteiger charge is -2.33. The Hall–Kier alpha value is -2.12. The van der Waals surface area contributed by atoms with Gasteiger partial charge in [-0.3, -0.25) is 9.69 Å². The highest BCUT2D eigenvalue weighted by molar-refractivity contribution is 6.40. The van der Waals surface area contributed by atoms with Gasteiger partial charge in [0.1, 0.15) is 18.1 Å². The number of ether oxygens (including phenoxy) is 1. The molecule has 0 atom stereocenters. The van der Waals surface area contributed by atoms with E-state index >= 15 is 0 Å². The molecule has 1 aliphatic heterocycles. The second-order valence-electron chi connectivity index (χ2n) is 6.90. The zero-order valence-corrected chi connectivity index (χ0v) is 18.2. The molecule has 1 saturated heterocycles. The Bertz CT molecular complexity index is 988. The smallest absolute Gasteiger partial charge is 0.289 e. The third-order valence-electron chi connectivity index (χ3n) is 4.81. The fourth-order valence-corrected chi connectivity index (χ4v) is 4.19. The van der Waals surface area contributed by atoms with Crippen molar-refractivity contribution in [2.75, 3.05) is 26.2 Å². The minimum atomic E-state index is -0.138. The van der Waals surface area contributed by atoms with Crippen LogP contribution in [0.4, 0.5) is 0 Å². The summed E-state index contributed by atoms with van der Waals surface area (Å²) in [6, 6.07) is 10.3. The van der Waals surface area contributed by atoms with Crippen LogP contribution >= 0.6 is 34.8 Å². The third kappa shape index (κ3) is 4.95. The van der Waals surface area contributed by atoms with E-state index in [0.717, 1.165) is 25.4 Å². The van der Waals surface area contributed by atoms with Gasteiger partial charge in [-0.2, -0.15) is 0 Å². The van der Waals surface area contributed by atoms with E-state index in [2.05, 4.69) is 4.90 Å². The maximum absolute atomic E-state index is 12.8. The topological polar surface area (TPSA) is 59.1 Å². The van der Waals surface area contributed by atoms with Crippen LogP contribution in [0.25, 0.3) is 0 Å². The molecule has 30 heavy (non-hydrogen) atoms. The van der Waals surface area contributed by atoms with Crippen molar-refractivity contribution in [3.8, 4) is 5.75 Å². The molecule has 3 aromatic rings. The van der Waals surface area contributed by atoms with E-state index in [1.807, 2.05) is 12.1 Å². The van der Waals surface area contributed by atoms with Gasteiger partial charge >= 0.3 is 0 Å². The average Bonchev–Trinajstić information content (AvgIpc) is 3.39. The van der Waals surface area contributed by atoms with Gasteiger partial charge in [0, 0.05) is 31.2 Å². The molecule has 1 fully saturated rings. The van der Waals surface area contributed by atoms with Crippen molar-refractivity contribution in [3.05, 3.63) is 75.0 Å². The zero-order valence-electron chi connectivity index (χ0n) is 15.9. The van der Waals surface area contributed by atoms with Crippen LogP contribution < -0.4 is 4.74 Å². The fraction of sp³-hybridized carbons (Fsp3) is 0.286. The molecule has 1 aromatic carbocycles. The number of benzene rings is 1. The van der Waals surface area contributed by atoms with Gasteiger partial charge in [0.25, 0.3) is 5.91 Å².